The van der Waals surface area contributed by atoms with Crippen LogP contribution in [-0.2, 0) is 9.53 Å². The van der Waals surface area contributed by atoms with Gasteiger partial charge in [-0.05, 0) is 23.7 Å². The van der Waals surface area contributed by atoms with E-state index in [1.807, 2.05) is 7.05 Å². The number of rotatable bonds is 7. The minimum Gasteiger partial charge on any atom is -0.361 e. The van der Waals surface area contributed by atoms with Gasteiger partial charge in [0.05, 0.1) is 5.41 Å². The predicted octanol–water partition coefficient (Wildman–Crippen LogP) is 4.71. The molecule has 0 aliphatic heterocycles. The Balaban J connectivity index is 4.97. The molecule has 0 aromatic rings. The standard InChI is InChI=1S/C18H37NO2/c1-10-11-12-21-14-19(9)15(20)18(8,17(5,6)7)13-16(2,3)4/h10-14H2,1-9H3. The van der Waals surface area contributed by atoms with E-state index in [2.05, 4.69) is 55.4 Å². The average molecular weight is 299 g/mol. The van der Waals surface area contributed by atoms with E-state index in [9.17, 15) is 4.79 Å². The van der Waals surface area contributed by atoms with Gasteiger partial charge in [0.25, 0.3) is 0 Å². The quantitative estimate of drug-likeness (QED) is 0.503. The van der Waals surface area contributed by atoms with Gasteiger partial charge in [0.1, 0.15) is 6.73 Å². The zero-order valence-corrected chi connectivity index (χ0v) is 15.8. The zero-order chi connectivity index (χ0) is 16.9. The SMILES string of the molecule is CCCCOCN(C)C(=O)C(C)(CC(C)(C)C)C(C)(C)C. The Kier molecular flexibility index (Phi) is 7.41. The molecule has 1 atom stereocenters. The maximum atomic E-state index is 13.0. The number of carbonyl (C=O) groups excluding carboxylic acids is 1. The Morgan fingerprint density at radius 1 is 1.05 bits per heavy atom. The van der Waals surface area contributed by atoms with E-state index >= 15 is 0 Å². The van der Waals surface area contributed by atoms with Crippen molar-refractivity contribution in [3.8, 4) is 0 Å². The van der Waals surface area contributed by atoms with Gasteiger partial charge in [-0.15, -0.1) is 0 Å². The van der Waals surface area contributed by atoms with Crippen LogP contribution >= 0.6 is 0 Å². The second-order valence-corrected chi connectivity index (χ2v) is 8.71. The zero-order valence-electron chi connectivity index (χ0n) is 15.8. The third-order valence-electron chi connectivity index (χ3n) is 4.29. The fraction of sp³-hybridized carbons (Fsp3) is 0.944. The molecule has 0 aromatic heterocycles. The monoisotopic (exact) mass is 299 g/mol. The minimum atomic E-state index is -0.395. The van der Waals surface area contributed by atoms with Gasteiger partial charge in [0, 0.05) is 13.7 Å². The molecule has 0 spiro atoms. The smallest absolute Gasteiger partial charge is 0.230 e. The van der Waals surface area contributed by atoms with Gasteiger partial charge in [-0.1, -0.05) is 61.8 Å². The summed E-state index contributed by atoms with van der Waals surface area (Å²) in [5.74, 6) is 0.182. The van der Waals surface area contributed by atoms with Crippen LogP contribution in [0.5, 0.6) is 0 Å². The molecule has 21 heavy (non-hydrogen) atoms. The lowest BCUT2D eigenvalue weighted by atomic mass is 9.60. The van der Waals surface area contributed by atoms with Gasteiger partial charge in [-0.2, -0.15) is 0 Å². The van der Waals surface area contributed by atoms with Crippen LogP contribution in [0.2, 0.25) is 0 Å². The van der Waals surface area contributed by atoms with Crippen molar-refractivity contribution in [2.24, 2.45) is 16.2 Å². The molecule has 0 saturated heterocycles. The number of unbranched alkanes of at least 4 members (excludes halogenated alkanes) is 1. The Hall–Kier alpha value is -0.570. The van der Waals surface area contributed by atoms with E-state index in [1.165, 1.54) is 0 Å². The van der Waals surface area contributed by atoms with Crippen LogP contribution in [-0.4, -0.2) is 31.2 Å². The lowest BCUT2D eigenvalue weighted by molar-refractivity contribution is -0.154. The van der Waals surface area contributed by atoms with Crippen LogP contribution in [0.25, 0.3) is 0 Å². The summed E-state index contributed by atoms with van der Waals surface area (Å²) < 4.78 is 5.60. The predicted molar refractivity (Wildman–Crippen MR) is 90.1 cm³/mol. The van der Waals surface area contributed by atoms with Crippen LogP contribution in [0.4, 0.5) is 0 Å². The van der Waals surface area contributed by atoms with Crippen LogP contribution in [0, 0.1) is 16.2 Å². The highest BCUT2D eigenvalue weighted by molar-refractivity contribution is 5.83. The van der Waals surface area contributed by atoms with E-state index in [4.69, 9.17) is 4.74 Å². The first-order valence-electron chi connectivity index (χ1n) is 8.18. The van der Waals surface area contributed by atoms with Crippen LogP contribution in [0.1, 0.15) is 74.7 Å². The molecule has 126 valence electrons. The minimum absolute atomic E-state index is 0.0883. The largest absolute Gasteiger partial charge is 0.361 e. The van der Waals surface area contributed by atoms with Crippen molar-refractivity contribution in [2.45, 2.75) is 74.7 Å². The molecule has 0 N–H and O–H groups in total. The van der Waals surface area contributed by atoms with Gasteiger partial charge < -0.3 is 9.64 Å². The fourth-order valence-electron chi connectivity index (χ4n) is 2.65. The third kappa shape index (κ3) is 6.37. The highest BCUT2D eigenvalue weighted by Crippen LogP contribution is 2.47. The molecule has 3 heteroatoms. The van der Waals surface area contributed by atoms with E-state index in [1.54, 1.807) is 4.90 Å². The van der Waals surface area contributed by atoms with Crippen molar-refractivity contribution in [3.63, 3.8) is 0 Å². The first-order chi connectivity index (χ1) is 9.35. The Morgan fingerprint density at radius 2 is 1.57 bits per heavy atom. The molecular weight excluding hydrogens is 262 g/mol. The molecule has 0 saturated carbocycles. The number of ether oxygens (including phenoxy) is 1. The number of carbonyl (C=O) groups is 1. The van der Waals surface area contributed by atoms with Gasteiger partial charge in [0.15, 0.2) is 0 Å². The maximum absolute atomic E-state index is 13.0. The molecule has 0 bridgehead atoms. The van der Waals surface area contributed by atoms with Crippen molar-refractivity contribution >= 4 is 5.91 Å². The molecule has 0 aromatic carbocycles. The van der Waals surface area contributed by atoms with Crippen molar-refractivity contribution in [3.05, 3.63) is 0 Å². The molecule has 1 unspecified atom stereocenters. The van der Waals surface area contributed by atoms with Crippen molar-refractivity contribution in [1.29, 1.82) is 0 Å². The maximum Gasteiger partial charge on any atom is 0.230 e. The normalized spacial score (nSPS) is 15.7. The molecule has 0 heterocycles. The first-order valence-corrected chi connectivity index (χ1v) is 8.18. The highest BCUT2D eigenvalue weighted by atomic mass is 16.5. The summed E-state index contributed by atoms with van der Waals surface area (Å²) in [6.45, 7) is 18.4. The topological polar surface area (TPSA) is 29.5 Å². The number of hydrogen-bond acceptors (Lipinski definition) is 2. The van der Waals surface area contributed by atoms with E-state index in [0.29, 0.717) is 6.73 Å². The van der Waals surface area contributed by atoms with Crippen molar-refractivity contribution in [2.75, 3.05) is 20.4 Å². The lowest BCUT2D eigenvalue weighted by Gasteiger charge is -2.46. The molecule has 3 nitrogen and oxygen atoms in total. The molecular formula is C18H37NO2. The Morgan fingerprint density at radius 3 is 1.95 bits per heavy atom. The van der Waals surface area contributed by atoms with Crippen LogP contribution in [0.3, 0.4) is 0 Å². The molecule has 1 amide bonds. The van der Waals surface area contributed by atoms with Crippen LogP contribution < -0.4 is 0 Å². The summed E-state index contributed by atoms with van der Waals surface area (Å²) in [7, 11) is 1.85. The average Bonchev–Trinajstić information content (AvgIpc) is 2.29. The summed E-state index contributed by atoms with van der Waals surface area (Å²) in [5.41, 5.74) is -0.370. The first kappa shape index (κ1) is 20.4. The number of hydrogen-bond donors (Lipinski definition) is 0. The lowest BCUT2D eigenvalue weighted by Crippen LogP contribution is -2.50. The molecule has 0 rings (SSSR count). The van der Waals surface area contributed by atoms with Gasteiger partial charge in [-0.3, -0.25) is 4.79 Å². The van der Waals surface area contributed by atoms with Crippen LogP contribution in [0.15, 0.2) is 0 Å². The molecule has 0 fully saturated rings. The van der Waals surface area contributed by atoms with Crippen molar-refractivity contribution in [1.82, 2.24) is 4.90 Å². The molecule has 0 aliphatic carbocycles. The van der Waals surface area contributed by atoms with Gasteiger partial charge in [-0.25, -0.2) is 0 Å². The second kappa shape index (κ2) is 7.62. The number of nitrogens with zero attached hydrogens (tertiary/aromatic N) is 1. The second-order valence-electron chi connectivity index (χ2n) is 8.71. The number of amides is 1. The summed E-state index contributed by atoms with van der Waals surface area (Å²) >= 11 is 0. The summed E-state index contributed by atoms with van der Waals surface area (Å²) in [5, 5.41) is 0. The van der Waals surface area contributed by atoms with Crippen molar-refractivity contribution < 1.29 is 9.53 Å². The van der Waals surface area contributed by atoms with E-state index in [-0.39, 0.29) is 16.7 Å². The Bertz CT molecular complexity index is 325. The summed E-state index contributed by atoms with van der Waals surface area (Å²) in [6.07, 6.45) is 3.02. The molecule has 0 aliphatic rings. The van der Waals surface area contributed by atoms with Gasteiger partial charge >= 0.3 is 0 Å². The summed E-state index contributed by atoms with van der Waals surface area (Å²) in [4.78, 5) is 14.7. The third-order valence-corrected chi connectivity index (χ3v) is 4.29. The van der Waals surface area contributed by atoms with Gasteiger partial charge in [0.2, 0.25) is 5.91 Å². The summed E-state index contributed by atoms with van der Waals surface area (Å²) in [6, 6.07) is 0. The highest BCUT2D eigenvalue weighted by Gasteiger charge is 2.47. The fourth-order valence-corrected chi connectivity index (χ4v) is 2.65. The molecule has 0 radical (unpaired) electrons. The Labute approximate surface area is 132 Å². The van der Waals surface area contributed by atoms with E-state index in [0.717, 1.165) is 25.9 Å². The van der Waals surface area contributed by atoms with E-state index < -0.39 is 5.41 Å².